The van der Waals surface area contributed by atoms with E-state index in [1.54, 1.807) is 18.2 Å². The quantitative estimate of drug-likeness (QED) is 0.532. The Kier molecular flexibility index (Phi) is 5.72. The SMILES string of the molecule is CC1(C)C[C@H](Nc2nc(Nc3cccc(-n4nnn(C5COC5)c4=O)c3)ncc2F)C[C@H]2CCCN21. The van der Waals surface area contributed by atoms with E-state index in [1.165, 1.54) is 28.4 Å². The van der Waals surface area contributed by atoms with Crippen molar-refractivity contribution in [1.29, 1.82) is 0 Å². The van der Waals surface area contributed by atoms with Gasteiger partial charge in [-0.05, 0) is 74.7 Å². The van der Waals surface area contributed by atoms with Crippen molar-refractivity contribution in [1.82, 2.24) is 34.7 Å². The summed E-state index contributed by atoms with van der Waals surface area (Å²) >= 11 is 0. The molecule has 0 amide bonds. The number of tetrazole rings is 1. The number of nitrogens with zero attached hydrogens (tertiary/aromatic N) is 7. The van der Waals surface area contributed by atoms with Crippen molar-refractivity contribution in [3.8, 4) is 5.69 Å². The molecule has 5 heterocycles. The van der Waals surface area contributed by atoms with Crippen LogP contribution < -0.4 is 16.3 Å². The summed E-state index contributed by atoms with van der Waals surface area (Å²) in [6.07, 6.45) is 5.46. The number of fused-ring (bicyclic) bond motifs is 1. The maximum absolute atomic E-state index is 14.7. The summed E-state index contributed by atoms with van der Waals surface area (Å²) in [5.74, 6) is -0.0295. The number of piperidine rings is 1. The molecule has 2 aromatic heterocycles. The second-order valence-corrected chi connectivity index (χ2v) is 10.5. The van der Waals surface area contributed by atoms with Gasteiger partial charge in [0.1, 0.15) is 6.04 Å². The average molecular weight is 496 g/mol. The van der Waals surface area contributed by atoms with E-state index in [2.05, 4.69) is 49.8 Å². The van der Waals surface area contributed by atoms with Crippen molar-refractivity contribution in [2.24, 2.45) is 0 Å². The summed E-state index contributed by atoms with van der Waals surface area (Å²) in [6, 6.07) is 7.68. The van der Waals surface area contributed by atoms with Gasteiger partial charge in [0.15, 0.2) is 11.6 Å². The maximum atomic E-state index is 14.7. The number of anilines is 3. The number of halogens is 1. The van der Waals surface area contributed by atoms with Crippen LogP contribution in [0.25, 0.3) is 5.69 Å². The highest BCUT2D eigenvalue weighted by atomic mass is 19.1. The molecule has 11 nitrogen and oxygen atoms in total. The molecule has 2 N–H and O–H groups in total. The van der Waals surface area contributed by atoms with Crippen LogP contribution in [0.4, 0.5) is 21.8 Å². The van der Waals surface area contributed by atoms with Crippen molar-refractivity contribution in [2.75, 3.05) is 30.4 Å². The first-order valence-electron chi connectivity index (χ1n) is 12.4. The molecule has 3 aliphatic rings. The monoisotopic (exact) mass is 495 g/mol. The first kappa shape index (κ1) is 23.0. The van der Waals surface area contributed by atoms with Crippen molar-refractivity contribution in [3.05, 3.63) is 46.8 Å². The number of ether oxygens (including phenoxy) is 1. The van der Waals surface area contributed by atoms with Gasteiger partial charge in [0, 0.05) is 23.3 Å². The first-order chi connectivity index (χ1) is 17.4. The number of rotatable bonds is 6. The van der Waals surface area contributed by atoms with Gasteiger partial charge in [0.05, 0.1) is 25.1 Å². The van der Waals surface area contributed by atoms with Gasteiger partial charge in [-0.3, -0.25) is 4.90 Å². The number of benzene rings is 1. The summed E-state index contributed by atoms with van der Waals surface area (Å²) < 4.78 is 22.4. The second-order valence-electron chi connectivity index (χ2n) is 10.5. The summed E-state index contributed by atoms with van der Waals surface area (Å²) in [6.45, 7) is 6.57. The highest BCUT2D eigenvalue weighted by molar-refractivity contribution is 5.58. The molecule has 1 aromatic carbocycles. The van der Waals surface area contributed by atoms with Gasteiger partial charge < -0.3 is 15.4 Å². The van der Waals surface area contributed by atoms with Gasteiger partial charge in [0.25, 0.3) is 0 Å². The molecule has 0 aliphatic carbocycles. The molecule has 0 spiro atoms. The van der Waals surface area contributed by atoms with Crippen LogP contribution in [0.3, 0.4) is 0 Å². The van der Waals surface area contributed by atoms with E-state index < -0.39 is 5.82 Å². The van der Waals surface area contributed by atoms with Crippen LogP contribution in [0.15, 0.2) is 35.3 Å². The van der Waals surface area contributed by atoms with Crippen molar-refractivity contribution >= 4 is 17.5 Å². The molecule has 3 saturated heterocycles. The van der Waals surface area contributed by atoms with Crippen molar-refractivity contribution in [3.63, 3.8) is 0 Å². The topological polar surface area (TPSA) is 115 Å². The zero-order chi connectivity index (χ0) is 24.9. The third-order valence-corrected chi connectivity index (χ3v) is 7.46. The normalized spacial score (nSPS) is 23.8. The van der Waals surface area contributed by atoms with E-state index in [1.807, 2.05) is 6.07 Å². The maximum Gasteiger partial charge on any atom is 0.368 e. The van der Waals surface area contributed by atoms with E-state index in [0.717, 1.165) is 19.4 Å². The summed E-state index contributed by atoms with van der Waals surface area (Å²) in [4.78, 5) is 23.8. The van der Waals surface area contributed by atoms with E-state index in [4.69, 9.17) is 4.74 Å². The molecule has 6 rings (SSSR count). The molecule has 0 saturated carbocycles. The van der Waals surface area contributed by atoms with Crippen LogP contribution >= 0.6 is 0 Å². The Morgan fingerprint density at radius 2 is 2.06 bits per heavy atom. The smallest absolute Gasteiger partial charge is 0.368 e. The van der Waals surface area contributed by atoms with E-state index in [-0.39, 0.29) is 35.1 Å². The minimum Gasteiger partial charge on any atom is -0.377 e. The number of hydrogen-bond donors (Lipinski definition) is 2. The van der Waals surface area contributed by atoms with Crippen LogP contribution in [0.2, 0.25) is 0 Å². The molecule has 190 valence electrons. The Bertz CT molecular complexity index is 1320. The molecular weight excluding hydrogens is 465 g/mol. The molecule has 3 aromatic rings. The Labute approximate surface area is 207 Å². The fourth-order valence-electron chi connectivity index (χ4n) is 5.70. The van der Waals surface area contributed by atoms with Gasteiger partial charge in [-0.2, -0.15) is 14.3 Å². The van der Waals surface area contributed by atoms with Crippen LogP contribution in [0.1, 0.15) is 45.6 Å². The Morgan fingerprint density at radius 3 is 2.86 bits per heavy atom. The third-order valence-electron chi connectivity index (χ3n) is 7.46. The average Bonchev–Trinajstić information content (AvgIpc) is 3.43. The number of hydrogen-bond acceptors (Lipinski definition) is 9. The highest BCUT2D eigenvalue weighted by Gasteiger charge is 2.43. The second kappa shape index (κ2) is 8.93. The van der Waals surface area contributed by atoms with E-state index >= 15 is 0 Å². The fourth-order valence-corrected chi connectivity index (χ4v) is 5.70. The summed E-state index contributed by atoms with van der Waals surface area (Å²) in [7, 11) is 0. The predicted molar refractivity (Wildman–Crippen MR) is 131 cm³/mol. The van der Waals surface area contributed by atoms with Gasteiger partial charge in [-0.25, -0.2) is 14.2 Å². The van der Waals surface area contributed by atoms with Crippen molar-refractivity contribution in [2.45, 2.75) is 63.2 Å². The molecular formula is C24H30FN9O2. The minimum atomic E-state index is -0.482. The van der Waals surface area contributed by atoms with E-state index in [0.29, 0.717) is 30.6 Å². The van der Waals surface area contributed by atoms with Crippen LogP contribution in [0.5, 0.6) is 0 Å². The summed E-state index contributed by atoms with van der Waals surface area (Å²) in [5, 5.41) is 14.4. The predicted octanol–water partition coefficient (Wildman–Crippen LogP) is 2.49. The lowest BCUT2D eigenvalue weighted by Gasteiger charge is -2.47. The fraction of sp³-hybridized carbons (Fsp3) is 0.542. The molecule has 0 radical (unpaired) electrons. The molecule has 3 fully saturated rings. The minimum absolute atomic E-state index is 0.0632. The van der Waals surface area contributed by atoms with Crippen molar-refractivity contribution < 1.29 is 9.13 Å². The third kappa shape index (κ3) is 4.24. The van der Waals surface area contributed by atoms with E-state index in [9.17, 15) is 9.18 Å². The Hall–Kier alpha value is -3.38. The zero-order valence-corrected chi connectivity index (χ0v) is 20.4. The molecule has 2 atom stereocenters. The molecule has 0 bridgehead atoms. The lowest BCUT2D eigenvalue weighted by atomic mass is 9.84. The highest BCUT2D eigenvalue weighted by Crippen LogP contribution is 2.38. The van der Waals surface area contributed by atoms with Crippen LogP contribution in [0, 0.1) is 5.82 Å². The van der Waals surface area contributed by atoms with Crippen LogP contribution in [-0.2, 0) is 4.74 Å². The zero-order valence-electron chi connectivity index (χ0n) is 20.4. The molecule has 36 heavy (non-hydrogen) atoms. The standard InChI is InChI=1S/C24H30FN9O2/c1-24(2)11-16(10-17-7-4-8-32(17)24)27-21-20(25)12-26-22(29-21)28-15-5-3-6-18(9-15)33-23(35)34(31-30-33)19-13-36-14-19/h3,5-6,9,12,16-17,19H,4,7-8,10-11,13-14H2,1-2H3,(H2,26,27,28,29)/t16-,17-/m1/s1. The molecule has 0 unspecified atom stereocenters. The number of nitrogens with one attached hydrogen (secondary N) is 2. The Morgan fingerprint density at radius 1 is 1.19 bits per heavy atom. The lowest BCUT2D eigenvalue weighted by Crippen LogP contribution is -2.55. The Balaban J connectivity index is 1.19. The van der Waals surface area contributed by atoms with Gasteiger partial charge in [-0.1, -0.05) is 6.07 Å². The van der Waals surface area contributed by atoms with Gasteiger partial charge in [0.2, 0.25) is 5.95 Å². The molecule has 3 aliphatic heterocycles. The number of aromatic nitrogens is 6. The van der Waals surface area contributed by atoms with Gasteiger partial charge in [-0.15, -0.1) is 0 Å². The van der Waals surface area contributed by atoms with Gasteiger partial charge >= 0.3 is 5.69 Å². The lowest BCUT2D eigenvalue weighted by molar-refractivity contribution is -0.0309. The first-order valence-corrected chi connectivity index (χ1v) is 12.4. The van der Waals surface area contributed by atoms with Crippen LogP contribution in [-0.4, -0.2) is 72.0 Å². The largest absolute Gasteiger partial charge is 0.377 e. The summed E-state index contributed by atoms with van der Waals surface area (Å²) in [5.41, 5.74) is 0.913. The molecule has 12 heteroatoms.